The number of phenolic OH excluding ortho intramolecular Hbond substituents is 1. The molecule has 0 spiro atoms. The third-order valence-corrected chi connectivity index (χ3v) is 7.79. The van der Waals surface area contributed by atoms with Crippen LogP contribution in [-0.4, -0.2) is 37.5 Å². The number of phenols is 1. The highest BCUT2D eigenvalue weighted by Crippen LogP contribution is 2.55. The summed E-state index contributed by atoms with van der Waals surface area (Å²) in [6.45, 7) is 0. The number of rotatable bonds is 5. The van der Waals surface area contributed by atoms with Crippen LogP contribution in [0.25, 0.3) is 11.4 Å². The van der Waals surface area contributed by atoms with Gasteiger partial charge in [-0.1, -0.05) is 27.7 Å². The van der Waals surface area contributed by atoms with Gasteiger partial charge in [0.1, 0.15) is 5.75 Å². The van der Waals surface area contributed by atoms with Crippen LogP contribution in [0.4, 0.5) is 0 Å². The van der Waals surface area contributed by atoms with Gasteiger partial charge in [0.15, 0.2) is 5.82 Å². The first-order valence-electron chi connectivity index (χ1n) is 9.83. The number of amides is 1. The molecule has 3 N–H and O–H groups in total. The van der Waals surface area contributed by atoms with Gasteiger partial charge in [0.25, 0.3) is 0 Å². The number of hydrogen-bond acceptors (Lipinski definition) is 5. The highest BCUT2D eigenvalue weighted by Gasteiger charge is 2.51. The molecule has 4 aliphatic carbocycles. The molecule has 0 radical (unpaired) electrons. The average molecular weight is 463 g/mol. The second-order valence-corrected chi connectivity index (χ2v) is 10.5. The van der Waals surface area contributed by atoms with Gasteiger partial charge in [-0.2, -0.15) is 0 Å². The molecule has 1 heterocycles. The van der Waals surface area contributed by atoms with Crippen LogP contribution in [0.5, 0.6) is 5.75 Å². The molecular formula is C20H23BrN4O2S. The molecule has 6 rings (SSSR count). The maximum atomic E-state index is 12.6. The SMILES string of the molecule is O=C(CSc1n[nH]c(-c2cc(Br)ccc2O)n1)NC12CC3CC(CC(C3)C1)C2. The molecule has 0 atom stereocenters. The quantitative estimate of drug-likeness (QED) is 0.581. The number of nitrogens with zero attached hydrogens (tertiary/aromatic N) is 2. The Morgan fingerprint density at radius 2 is 1.93 bits per heavy atom. The van der Waals surface area contributed by atoms with Gasteiger partial charge in [-0.15, -0.1) is 5.10 Å². The number of H-pyrrole nitrogens is 1. The van der Waals surface area contributed by atoms with Gasteiger partial charge in [0, 0.05) is 10.0 Å². The van der Waals surface area contributed by atoms with Crippen molar-refractivity contribution in [1.29, 1.82) is 0 Å². The van der Waals surface area contributed by atoms with Crippen molar-refractivity contribution in [2.24, 2.45) is 17.8 Å². The van der Waals surface area contributed by atoms with E-state index in [0.717, 1.165) is 41.5 Å². The van der Waals surface area contributed by atoms with Crippen molar-refractivity contribution in [3.8, 4) is 17.1 Å². The number of nitrogens with one attached hydrogen (secondary N) is 2. The van der Waals surface area contributed by atoms with Gasteiger partial charge in [-0.3, -0.25) is 9.89 Å². The number of benzene rings is 1. The minimum atomic E-state index is 0.0403. The predicted octanol–water partition coefficient (Wildman–Crippen LogP) is 4.12. The van der Waals surface area contributed by atoms with Crippen molar-refractivity contribution in [3.05, 3.63) is 22.7 Å². The van der Waals surface area contributed by atoms with Crippen LogP contribution in [0.3, 0.4) is 0 Å². The zero-order valence-corrected chi connectivity index (χ0v) is 17.9. The lowest BCUT2D eigenvalue weighted by atomic mass is 9.53. The molecule has 1 amide bonds. The zero-order valence-electron chi connectivity index (χ0n) is 15.4. The summed E-state index contributed by atoms with van der Waals surface area (Å²) in [5.41, 5.74) is 0.616. The molecule has 8 heteroatoms. The fourth-order valence-corrected chi connectivity index (χ4v) is 6.81. The minimum absolute atomic E-state index is 0.0403. The number of aromatic hydroxyl groups is 1. The summed E-state index contributed by atoms with van der Waals surface area (Å²) < 4.78 is 0.848. The molecule has 0 unspecified atom stereocenters. The van der Waals surface area contributed by atoms with E-state index in [1.54, 1.807) is 18.2 Å². The van der Waals surface area contributed by atoms with Crippen LogP contribution in [0, 0.1) is 17.8 Å². The van der Waals surface area contributed by atoms with Crippen LogP contribution < -0.4 is 5.32 Å². The van der Waals surface area contributed by atoms with E-state index in [-0.39, 0.29) is 17.2 Å². The van der Waals surface area contributed by atoms with Gasteiger partial charge in [-0.05, 0) is 74.5 Å². The van der Waals surface area contributed by atoms with Crippen molar-refractivity contribution in [1.82, 2.24) is 20.5 Å². The fraction of sp³-hybridized carbons (Fsp3) is 0.550. The number of carbonyl (C=O) groups excluding carboxylic acids is 1. The van der Waals surface area contributed by atoms with E-state index in [0.29, 0.717) is 22.3 Å². The maximum Gasteiger partial charge on any atom is 0.230 e. The first-order valence-corrected chi connectivity index (χ1v) is 11.6. The first kappa shape index (κ1) is 18.5. The Labute approximate surface area is 176 Å². The molecule has 4 saturated carbocycles. The molecule has 148 valence electrons. The Bertz CT molecular complexity index is 880. The van der Waals surface area contributed by atoms with Crippen molar-refractivity contribution >= 4 is 33.6 Å². The molecule has 0 saturated heterocycles. The van der Waals surface area contributed by atoms with Gasteiger partial charge in [0.05, 0.1) is 11.3 Å². The van der Waals surface area contributed by atoms with Crippen molar-refractivity contribution in [3.63, 3.8) is 0 Å². The maximum absolute atomic E-state index is 12.6. The van der Waals surface area contributed by atoms with Gasteiger partial charge in [0.2, 0.25) is 11.1 Å². The van der Waals surface area contributed by atoms with Gasteiger partial charge in [-0.25, -0.2) is 4.98 Å². The Kier molecular flexibility index (Phi) is 4.66. The molecule has 28 heavy (non-hydrogen) atoms. The number of thioether (sulfide) groups is 1. The molecular weight excluding hydrogens is 440 g/mol. The van der Waals surface area contributed by atoms with Gasteiger partial charge >= 0.3 is 0 Å². The second-order valence-electron chi connectivity index (χ2n) is 8.66. The lowest BCUT2D eigenvalue weighted by molar-refractivity contribution is -0.124. The van der Waals surface area contributed by atoms with Crippen LogP contribution >= 0.6 is 27.7 Å². The topological polar surface area (TPSA) is 90.9 Å². The molecule has 0 aliphatic heterocycles. The summed E-state index contributed by atoms with van der Waals surface area (Å²) in [5, 5.41) is 20.9. The molecule has 6 nitrogen and oxygen atoms in total. The van der Waals surface area contributed by atoms with E-state index in [1.807, 2.05) is 0 Å². The number of aromatic nitrogens is 3. The Morgan fingerprint density at radius 3 is 2.61 bits per heavy atom. The summed E-state index contributed by atoms with van der Waals surface area (Å²) in [6, 6.07) is 5.15. The lowest BCUT2D eigenvalue weighted by Gasteiger charge is -2.56. The fourth-order valence-electron chi connectivity index (χ4n) is 5.86. The Morgan fingerprint density at radius 1 is 1.25 bits per heavy atom. The molecule has 4 aliphatic rings. The minimum Gasteiger partial charge on any atom is -0.507 e. The van der Waals surface area contributed by atoms with Gasteiger partial charge < -0.3 is 10.4 Å². The molecule has 4 fully saturated rings. The van der Waals surface area contributed by atoms with Crippen LogP contribution in [0.1, 0.15) is 38.5 Å². The third kappa shape index (κ3) is 3.56. The third-order valence-electron chi connectivity index (χ3n) is 6.45. The molecule has 2 aromatic rings. The molecule has 1 aromatic carbocycles. The number of halogens is 1. The summed E-state index contributed by atoms with van der Waals surface area (Å²) in [7, 11) is 0. The van der Waals surface area contributed by atoms with Crippen molar-refractivity contribution < 1.29 is 9.90 Å². The Balaban J connectivity index is 1.21. The van der Waals surface area contributed by atoms with E-state index in [1.165, 1.54) is 31.0 Å². The highest BCUT2D eigenvalue weighted by molar-refractivity contribution is 9.10. The molecule has 4 bridgehead atoms. The van der Waals surface area contributed by atoms with E-state index >= 15 is 0 Å². The predicted molar refractivity (Wildman–Crippen MR) is 111 cm³/mol. The normalized spacial score (nSPS) is 30.5. The number of carbonyl (C=O) groups is 1. The summed E-state index contributed by atoms with van der Waals surface area (Å²) in [4.78, 5) is 17.0. The standard InChI is InChI=1S/C20H23BrN4O2S/c21-14-1-2-16(26)15(6-14)18-22-19(25-24-18)28-10-17(27)23-20-7-11-3-12(8-20)5-13(4-11)9-20/h1-2,6,11-13,26H,3-5,7-10H2,(H,23,27)(H,22,24,25). The van der Waals surface area contributed by atoms with Crippen LogP contribution in [-0.2, 0) is 4.79 Å². The van der Waals surface area contributed by atoms with E-state index in [2.05, 4.69) is 36.4 Å². The van der Waals surface area contributed by atoms with Crippen molar-refractivity contribution in [2.45, 2.75) is 49.2 Å². The second kappa shape index (κ2) is 7.06. The van der Waals surface area contributed by atoms with Crippen LogP contribution in [0.2, 0.25) is 0 Å². The van der Waals surface area contributed by atoms with Crippen LogP contribution in [0.15, 0.2) is 27.8 Å². The zero-order chi connectivity index (χ0) is 19.3. The number of hydrogen-bond donors (Lipinski definition) is 3. The number of aromatic amines is 1. The highest BCUT2D eigenvalue weighted by atomic mass is 79.9. The first-order chi connectivity index (χ1) is 13.5. The van der Waals surface area contributed by atoms with E-state index in [4.69, 9.17) is 0 Å². The monoisotopic (exact) mass is 462 g/mol. The largest absolute Gasteiger partial charge is 0.507 e. The average Bonchev–Trinajstić information content (AvgIpc) is 3.09. The Hall–Kier alpha value is -1.54. The lowest BCUT2D eigenvalue weighted by Crippen LogP contribution is -2.60. The van der Waals surface area contributed by atoms with E-state index in [9.17, 15) is 9.90 Å². The van der Waals surface area contributed by atoms with E-state index < -0.39 is 0 Å². The summed E-state index contributed by atoms with van der Waals surface area (Å²) in [6.07, 6.45) is 7.57. The smallest absolute Gasteiger partial charge is 0.230 e. The summed E-state index contributed by atoms with van der Waals surface area (Å²) in [5.74, 6) is 3.44. The van der Waals surface area contributed by atoms with Crippen molar-refractivity contribution in [2.75, 3.05) is 5.75 Å². The molecule has 1 aromatic heterocycles. The summed E-state index contributed by atoms with van der Waals surface area (Å²) >= 11 is 4.72.